The lowest BCUT2D eigenvalue weighted by Gasteiger charge is -2.31. The molecule has 1 aromatic heterocycles. The van der Waals surface area contributed by atoms with Crippen LogP contribution in [0.5, 0.6) is 5.75 Å². The van der Waals surface area contributed by atoms with Gasteiger partial charge in [0.2, 0.25) is 0 Å². The summed E-state index contributed by atoms with van der Waals surface area (Å²) in [5, 5.41) is 8.23. The van der Waals surface area contributed by atoms with Crippen LogP contribution >= 0.6 is 0 Å². The van der Waals surface area contributed by atoms with Gasteiger partial charge in [-0.05, 0) is 30.5 Å². The van der Waals surface area contributed by atoms with Gasteiger partial charge in [-0.25, -0.2) is 4.68 Å². The number of rotatable bonds is 5. The lowest BCUT2D eigenvalue weighted by atomic mass is 10.0. The maximum atomic E-state index is 12.5. The van der Waals surface area contributed by atoms with E-state index >= 15 is 0 Å². The second kappa shape index (κ2) is 9.23. The topological polar surface area (TPSA) is 72.7 Å². The van der Waals surface area contributed by atoms with Crippen molar-refractivity contribution in [3.8, 4) is 5.75 Å². The van der Waals surface area contributed by atoms with Crippen LogP contribution in [0.15, 0.2) is 30.5 Å². The molecule has 11 heteroatoms. The van der Waals surface area contributed by atoms with Crippen molar-refractivity contribution in [2.45, 2.75) is 31.8 Å². The predicted octanol–water partition coefficient (Wildman–Crippen LogP) is 2.49. The van der Waals surface area contributed by atoms with E-state index in [2.05, 4.69) is 19.9 Å². The highest BCUT2D eigenvalue weighted by Gasteiger charge is 2.31. The number of likely N-dealkylation sites (tertiary alicyclic amines) is 1. The van der Waals surface area contributed by atoms with Crippen LogP contribution in [0.3, 0.4) is 0 Å². The van der Waals surface area contributed by atoms with Crippen LogP contribution in [-0.4, -0.2) is 76.5 Å². The first-order valence-corrected chi connectivity index (χ1v) is 10.2. The van der Waals surface area contributed by atoms with Crippen molar-refractivity contribution in [2.24, 2.45) is 0 Å². The Hall–Kier alpha value is -2.66. The van der Waals surface area contributed by atoms with Gasteiger partial charge in [-0.1, -0.05) is 17.3 Å². The number of aromatic nitrogens is 3. The van der Waals surface area contributed by atoms with Crippen LogP contribution < -0.4 is 4.74 Å². The van der Waals surface area contributed by atoms with Crippen LogP contribution in [0.25, 0.3) is 0 Å². The number of piperidine rings is 1. The average molecular weight is 439 g/mol. The number of nitrogens with zero attached hydrogens (tertiary/aromatic N) is 5. The van der Waals surface area contributed by atoms with Gasteiger partial charge >= 0.3 is 6.36 Å². The molecule has 0 aliphatic carbocycles. The minimum atomic E-state index is -4.68. The number of benzene rings is 1. The molecule has 2 aliphatic rings. The molecule has 2 fully saturated rings. The highest BCUT2D eigenvalue weighted by atomic mass is 19.4. The number of alkyl halides is 3. The molecule has 0 saturated carbocycles. The SMILES string of the molecule is O=C(c1cn(C2CCN(Cc3ccc(OC(F)(F)F)cc3)CC2)nn1)N1CCOCC1. The molecular weight excluding hydrogens is 415 g/mol. The molecular formula is C20H24F3N5O3. The molecule has 31 heavy (non-hydrogen) atoms. The first-order valence-electron chi connectivity index (χ1n) is 10.2. The van der Waals surface area contributed by atoms with Crippen LogP contribution in [0.4, 0.5) is 13.2 Å². The molecule has 0 unspecified atom stereocenters. The van der Waals surface area contributed by atoms with E-state index in [1.807, 2.05) is 0 Å². The van der Waals surface area contributed by atoms with Gasteiger partial charge in [0, 0.05) is 32.7 Å². The maximum absolute atomic E-state index is 12.5. The molecule has 0 atom stereocenters. The third kappa shape index (κ3) is 5.73. The van der Waals surface area contributed by atoms with E-state index < -0.39 is 6.36 Å². The smallest absolute Gasteiger partial charge is 0.406 e. The van der Waals surface area contributed by atoms with Gasteiger partial charge in [-0.15, -0.1) is 18.3 Å². The molecule has 1 amide bonds. The van der Waals surface area contributed by atoms with Crippen molar-refractivity contribution in [3.63, 3.8) is 0 Å². The Labute approximate surface area is 177 Å². The Kier molecular flexibility index (Phi) is 6.42. The number of carbonyl (C=O) groups is 1. The van der Waals surface area contributed by atoms with Gasteiger partial charge < -0.3 is 14.4 Å². The standard InChI is InChI=1S/C20H24F3N5O3/c21-20(22,23)31-17-3-1-15(2-4-17)13-26-7-5-16(6-8-26)28-14-18(24-25-28)19(29)27-9-11-30-12-10-27/h1-4,14,16H,5-13H2. The molecule has 0 N–H and O–H groups in total. The fourth-order valence-electron chi connectivity index (χ4n) is 3.88. The second-order valence-corrected chi connectivity index (χ2v) is 7.69. The highest BCUT2D eigenvalue weighted by Crippen LogP contribution is 2.25. The molecule has 0 spiro atoms. The fourth-order valence-corrected chi connectivity index (χ4v) is 3.88. The Morgan fingerprint density at radius 2 is 1.77 bits per heavy atom. The van der Waals surface area contributed by atoms with Gasteiger partial charge in [0.25, 0.3) is 5.91 Å². The minimum Gasteiger partial charge on any atom is -0.406 e. The zero-order chi connectivity index (χ0) is 21.8. The summed E-state index contributed by atoms with van der Waals surface area (Å²) >= 11 is 0. The van der Waals surface area contributed by atoms with Gasteiger partial charge in [0.05, 0.1) is 25.5 Å². The summed E-state index contributed by atoms with van der Waals surface area (Å²) in [6, 6.07) is 6.12. The molecule has 2 saturated heterocycles. The zero-order valence-corrected chi connectivity index (χ0v) is 16.9. The van der Waals surface area contributed by atoms with Crippen LogP contribution in [0.2, 0.25) is 0 Å². The van der Waals surface area contributed by atoms with E-state index in [1.165, 1.54) is 12.1 Å². The predicted molar refractivity (Wildman–Crippen MR) is 103 cm³/mol. The quantitative estimate of drug-likeness (QED) is 0.713. The Morgan fingerprint density at radius 1 is 1.10 bits per heavy atom. The van der Waals surface area contributed by atoms with Gasteiger partial charge in [-0.2, -0.15) is 0 Å². The van der Waals surface area contributed by atoms with Crippen molar-refractivity contribution in [1.82, 2.24) is 24.8 Å². The molecule has 0 radical (unpaired) electrons. The van der Waals surface area contributed by atoms with Crippen LogP contribution in [0.1, 0.15) is 34.9 Å². The van der Waals surface area contributed by atoms with E-state index in [4.69, 9.17) is 4.74 Å². The summed E-state index contributed by atoms with van der Waals surface area (Å²) in [4.78, 5) is 16.5. The summed E-state index contributed by atoms with van der Waals surface area (Å²) in [5.74, 6) is -0.339. The summed E-state index contributed by atoms with van der Waals surface area (Å²) < 4.78 is 47.7. The number of hydrogen-bond acceptors (Lipinski definition) is 6. The summed E-state index contributed by atoms with van der Waals surface area (Å²) in [7, 11) is 0. The molecule has 1 aromatic carbocycles. The fraction of sp³-hybridized carbons (Fsp3) is 0.550. The van der Waals surface area contributed by atoms with Crippen molar-refractivity contribution in [3.05, 3.63) is 41.7 Å². The molecule has 168 valence electrons. The zero-order valence-electron chi connectivity index (χ0n) is 16.9. The highest BCUT2D eigenvalue weighted by molar-refractivity contribution is 5.92. The lowest BCUT2D eigenvalue weighted by Crippen LogP contribution is -2.40. The lowest BCUT2D eigenvalue weighted by molar-refractivity contribution is -0.274. The van der Waals surface area contributed by atoms with E-state index in [1.54, 1.807) is 27.9 Å². The maximum Gasteiger partial charge on any atom is 0.573 e. The third-order valence-corrected chi connectivity index (χ3v) is 5.52. The second-order valence-electron chi connectivity index (χ2n) is 7.69. The van der Waals surface area contributed by atoms with Crippen molar-refractivity contribution >= 4 is 5.91 Å². The van der Waals surface area contributed by atoms with Gasteiger partial charge in [-0.3, -0.25) is 9.69 Å². The molecule has 0 bridgehead atoms. The van der Waals surface area contributed by atoms with E-state index in [0.29, 0.717) is 38.5 Å². The van der Waals surface area contributed by atoms with Crippen LogP contribution in [0, 0.1) is 0 Å². The molecule has 3 heterocycles. The summed E-state index contributed by atoms with van der Waals surface area (Å²) in [6.45, 7) is 4.49. The molecule has 2 aliphatic heterocycles. The van der Waals surface area contributed by atoms with Gasteiger partial charge in [0.1, 0.15) is 5.75 Å². The monoisotopic (exact) mass is 439 g/mol. The summed E-state index contributed by atoms with van der Waals surface area (Å²) in [6.07, 6.45) is -1.26. The Balaban J connectivity index is 1.27. The average Bonchev–Trinajstić information content (AvgIpc) is 3.25. The molecule has 8 nitrogen and oxygen atoms in total. The Morgan fingerprint density at radius 3 is 2.42 bits per heavy atom. The van der Waals surface area contributed by atoms with Crippen LogP contribution in [-0.2, 0) is 11.3 Å². The Bertz CT molecular complexity index is 873. The van der Waals surface area contributed by atoms with E-state index in [9.17, 15) is 18.0 Å². The van der Waals surface area contributed by atoms with Gasteiger partial charge in [0.15, 0.2) is 5.69 Å². The molecule has 2 aromatic rings. The minimum absolute atomic E-state index is 0.120. The summed E-state index contributed by atoms with van der Waals surface area (Å²) in [5.41, 5.74) is 1.28. The number of amides is 1. The molecule has 4 rings (SSSR count). The largest absolute Gasteiger partial charge is 0.573 e. The van der Waals surface area contributed by atoms with E-state index in [-0.39, 0.29) is 17.7 Å². The van der Waals surface area contributed by atoms with E-state index in [0.717, 1.165) is 31.5 Å². The first-order chi connectivity index (χ1) is 14.9. The first kappa shape index (κ1) is 21.6. The number of halogens is 3. The number of ether oxygens (including phenoxy) is 2. The number of carbonyl (C=O) groups excluding carboxylic acids is 1. The third-order valence-electron chi connectivity index (χ3n) is 5.52. The normalized spacial score (nSPS) is 18.9. The number of morpholine rings is 1. The van der Waals surface area contributed by atoms with Crippen molar-refractivity contribution in [1.29, 1.82) is 0 Å². The van der Waals surface area contributed by atoms with Crippen molar-refractivity contribution < 1.29 is 27.4 Å². The van der Waals surface area contributed by atoms with Crippen molar-refractivity contribution in [2.75, 3.05) is 39.4 Å². The number of hydrogen-bond donors (Lipinski definition) is 0.